The molecule has 2 aromatic rings. The van der Waals surface area contributed by atoms with E-state index in [9.17, 15) is 14.4 Å². The summed E-state index contributed by atoms with van der Waals surface area (Å²) >= 11 is 0. The van der Waals surface area contributed by atoms with Crippen LogP contribution < -0.4 is 15.4 Å². The van der Waals surface area contributed by atoms with E-state index in [-0.39, 0.29) is 34.7 Å². The molecule has 0 aromatic heterocycles. The molecule has 1 unspecified atom stereocenters. The molecule has 1 fully saturated rings. The smallest absolute Gasteiger partial charge is 0.262 e. The van der Waals surface area contributed by atoms with E-state index < -0.39 is 11.9 Å². The van der Waals surface area contributed by atoms with Gasteiger partial charge in [0.05, 0.1) is 13.4 Å². The first-order valence-corrected chi connectivity index (χ1v) is 12.7. The second-order valence-electron chi connectivity index (χ2n) is 10.7. The second kappa shape index (κ2) is 11.2. The predicted molar refractivity (Wildman–Crippen MR) is 145 cm³/mol. The summed E-state index contributed by atoms with van der Waals surface area (Å²) in [5, 5.41) is 5.48. The maximum Gasteiger partial charge on any atom is 0.262 e. The number of hydrogen-bond acceptors (Lipinski definition) is 5. The van der Waals surface area contributed by atoms with Gasteiger partial charge in [-0.1, -0.05) is 65.8 Å². The molecule has 1 heterocycles. The van der Waals surface area contributed by atoms with E-state index in [2.05, 4.69) is 64.3 Å². The van der Waals surface area contributed by atoms with Crippen LogP contribution in [0.5, 0.6) is 5.75 Å². The minimum Gasteiger partial charge on any atom is -0.503 e. The largest absolute Gasteiger partial charge is 0.503 e. The summed E-state index contributed by atoms with van der Waals surface area (Å²) < 4.78 is 10.8. The maximum absolute atomic E-state index is 12.7. The number of methoxy groups -OCH3 is 1. The fourth-order valence-electron chi connectivity index (χ4n) is 4.11. The zero-order chi connectivity index (χ0) is 27.4. The number of ether oxygens (including phenoxy) is 2. The van der Waals surface area contributed by atoms with Crippen molar-refractivity contribution in [2.24, 2.45) is 0 Å². The zero-order valence-corrected chi connectivity index (χ0v) is 22.9. The van der Waals surface area contributed by atoms with Gasteiger partial charge in [0.1, 0.15) is 17.4 Å². The van der Waals surface area contributed by atoms with Crippen LogP contribution in [0.4, 0.5) is 5.69 Å². The fourth-order valence-corrected chi connectivity index (χ4v) is 4.11. The van der Waals surface area contributed by atoms with E-state index in [1.807, 2.05) is 6.07 Å². The molecule has 7 nitrogen and oxygen atoms in total. The van der Waals surface area contributed by atoms with E-state index in [0.29, 0.717) is 17.0 Å². The molecular formula is C30H38N2O5. The van der Waals surface area contributed by atoms with Crippen LogP contribution in [0.1, 0.15) is 77.1 Å². The quantitative estimate of drug-likeness (QED) is 0.257. The first kappa shape index (κ1) is 28.0. The van der Waals surface area contributed by atoms with Gasteiger partial charge in [0.25, 0.3) is 11.8 Å². The molecule has 1 atom stereocenters. The van der Waals surface area contributed by atoms with Gasteiger partial charge in [-0.25, -0.2) is 0 Å². The molecule has 1 aliphatic heterocycles. The van der Waals surface area contributed by atoms with Crippen LogP contribution in [0.2, 0.25) is 0 Å². The number of ketones is 1. The van der Waals surface area contributed by atoms with Gasteiger partial charge in [0, 0.05) is 11.3 Å². The van der Waals surface area contributed by atoms with Crippen LogP contribution in [0.3, 0.4) is 0 Å². The van der Waals surface area contributed by atoms with Crippen LogP contribution in [0.15, 0.2) is 54.3 Å². The first-order valence-electron chi connectivity index (χ1n) is 12.7. The Hall–Kier alpha value is -3.61. The third kappa shape index (κ3) is 6.21. The number of anilines is 1. The normalized spacial score (nSPS) is 17.1. The molecule has 2 aromatic carbocycles. The van der Waals surface area contributed by atoms with E-state index in [1.165, 1.54) is 12.7 Å². The Bertz CT molecular complexity index is 1190. The van der Waals surface area contributed by atoms with Gasteiger partial charge in [-0.05, 0) is 53.0 Å². The van der Waals surface area contributed by atoms with Gasteiger partial charge >= 0.3 is 0 Å². The number of rotatable bonds is 10. The number of Topliss-reactive ketones (excluding diaryl/α,β-unsaturated/α-hetero) is 1. The van der Waals surface area contributed by atoms with Gasteiger partial charge in [-0.2, -0.15) is 0 Å². The standard InChI is InChI=1S/C30H38N2O5/c1-8-29(3,4)20-12-15-24(23(16-20)30(5,6)9-2)37-18-25(33)31-21-13-10-19(11-14-21)26-27(34)22(17-36-7)28(35)32-26/h10-17,26H,8-9,18H2,1-7H3,(H,31,33)(H,32,35)/b22-17+. The third-order valence-corrected chi connectivity index (χ3v) is 7.43. The number of carbonyl (C=O) groups is 3. The summed E-state index contributed by atoms with van der Waals surface area (Å²) in [6.07, 6.45) is 3.11. The molecule has 7 heteroatoms. The summed E-state index contributed by atoms with van der Waals surface area (Å²) in [6, 6.07) is 12.3. The van der Waals surface area contributed by atoms with Gasteiger partial charge < -0.3 is 20.1 Å². The molecule has 0 bridgehead atoms. The van der Waals surface area contributed by atoms with Crippen LogP contribution in [0, 0.1) is 0 Å². The SMILES string of the molecule is CCC(C)(C)c1ccc(OCC(=O)Nc2ccc(C3NC(=O)/C(=C/OC)C3=O)cc2)c(C(C)(C)CC)c1. The summed E-state index contributed by atoms with van der Waals surface area (Å²) in [5.41, 5.74) is 3.46. The fraction of sp³-hybridized carbons (Fsp3) is 0.433. The lowest BCUT2D eigenvalue weighted by Crippen LogP contribution is -2.24. The zero-order valence-electron chi connectivity index (χ0n) is 22.9. The highest BCUT2D eigenvalue weighted by Crippen LogP contribution is 2.38. The topological polar surface area (TPSA) is 93.7 Å². The Balaban J connectivity index is 1.68. The van der Waals surface area contributed by atoms with Crippen molar-refractivity contribution in [3.05, 3.63) is 71.0 Å². The summed E-state index contributed by atoms with van der Waals surface area (Å²) in [4.78, 5) is 37.2. The van der Waals surface area contributed by atoms with E-state index in [4.69, 9.17) is 9.47 Å². The Morgan fingerprint density at radius 3 is 2.24 bits per heavy atom. The van der Waals surface area contributed by atoms with Crippen molar-refractivity contribution in [1.82, 2.24) is 5.32 Å². The number of carbonyl (C=O) groups excluding carboxylic acids is 3. The highest BCUT2D eigenvalue weighted by atomic mass is 16.5. The van der Waals surface area contributed by atoms with Crippen molar-refractivity contribution in [1.29, 1.82) is 0 Å². The molecule has 1 aliphatic rings. The van der Waals surface area contributed by atoms with Crippen molar-refractivity contribution in [2.45, 2.75) is 71.3 Å². The molecule has 0 radical (unpaired) electrons. The monoisotopic (exact) mass is 506 g/mol. The Kier molecular flexibility index (Phi) is 8.46. The van der Waals surface area contributed by atoms with Crippen LogP contribution in [-0.2, 0) is 30.0 Å². The molecule has 198 valence electrons. The second-order valence-corrected chi connectivity index (χ2v) is 10.7. The molecule has 0 aliphatic carbocycles. The summed E-state index contributed by atoms with van der Waals surface area (Å²) in [6.45, 7) is 13.0. The molecule has 1 saturated heterocycles. The van der Waals surface area contributed by atoms with Crippen LogP contribution in [0.25, 0.3) is 0 Å². The molecule has 3 rings (SSSR count). The van der Waals surface area contributed by atoms with Gasteiger partial charge in [-0.15, -0.1) is 0 Å². The maximum atomic E-state index is 12.7. The lowest BCUT2D eigenvalue weighted by Gasteiger charge is -2.30. The Labute approximate surface area is 219 Å². The molecule has 0 spiro atoms. The molecule has 37 heavy (non-hydrogen) atoms. The number of amides is 2. The van der Waals surface area contributed by atoms with E-state index in [1.54, 1.807) is 24.3 Å². The van der Waals surface area contributed by atoms with E-state index in [0.717, 1.165) is 24.7 Å². The Morgan fingerprint density at radius 1 is 1.00 bits per heavy atom. The molecule has 0 saturated carbocycles. The van der Waals surface area contributed by atoms with Crippen molar-refractivity contribution in [3.63, 3.8) is 0 Å². The highest BCUT2D eigenvalue weighted by molar-refractivity contribution is 6.26. The third-order valence-electron chi connectivity index (χ3n) is 7.43. The number of nitrogens with one attached hydrogen (secondary N) is 2. The van der Waals surface area contributed by atoms with Crippen LogP contribution in [-0.4, -0.2) is 31.3 Å². The number of hydrogen-bond donors (Lipinski definition) is 2. The van der Waals surface area contributed by atoms with E-state index >= 15 is 0 Å². The minimum absolute atomic E-state index is 0.0149. The van der Waals surface area contributed by atoms with Gasteiger partial charge in [0.2, 0.25) is 0 Å². The molecular weight excluding hydrogens is 468 g/mol. The van der Waals surface area contributed by atoms with Crippen molar-refractivity contribution >= 4 is 23.3 Å². The van der Waals surface area contributed by atoms with Crippen molar-refractivity contribution in [2.75, 3.05) is 19.0 Å². The highest BCUT2D eigenvalue weighted by Gasteiger charge is 2.37. The summed E-state index contributed by atoms with van der Waals surface area (Å²) in [7, 11) is 1.38. The summed E-state index contributed by atoms with van der Waals surface area (Å²) in [5.74, 6) is -0.399. The van der Waals surface area contributed by atoms with Gasteiger partial charge in [-0.3, -0.25) is 14.4 Å². The molecule has 2 amide bonds. The van der Waals surface area contributed by atoms with Crippen molar-refractivity contribution < 1.29 is 23.9 Å². The average molecular weight is 507 g/mol. The lowest BCUT2D eigenvalue weighted by molar-refractivity contribution is -0.118. The number of benzene rings is 2. The predicted octanol–water partition coefficient (Wildman–Crippen LogP) is 5.35. The van der Waals surface area contributed by atoms with Gasteiger partial charge in [0.15, 0.2) is 12.4 Å². The van der Waals surface area contributed by atoms with Crippen molar-refractivity contribution in [3.8, 4) is 5.75 Å². The van der Waals surface area contributed by atoms with Crippen LogP contribution >= 0.6 is 0 Å². The first-order chi connectivity index (χ1) is 17.4. The average Bonchev–Trinajstić information content (AvgIpc) is 3.16. The molecule has 2 N–H and O–H groups in total. The Morgan fingerprint density at radius 2 is 1.65 bits per heavy atom. The minimum atomic E-state index is -0.775. The lowest BCUT2D eigenvalue weighted by atomic mass is 9.76.